The number of hydrogen-bond donors (Lipinski definition) is 2. The SMILES string of the molecule is Cc1noc(C)c1CNC(=O)NCCCSc1nccs1. The molecule has 2 rings (SSSR count). The number of carbonyl (C=O) groups is 1. The molecule has 0 aliphatic heterocycles. The monoisotopic (exact) mass is 326 g/mol. The van der Waals surface area contributed by atoms with Gasteiger partial charge < -0.3 is 15.2 Å². The van der Waals surface area contributed by atoms with E-state index in [0.717, 1.165) is 33.5 Å². The second kappa shape index (κ2) is 8.04. The van der Waals surface area contributed by atoms with Gasteiger partial charge in [-0.05, 0) is 20.3 Å². The lowest BCUT2D eigenvalue weighted by molar-refractivity contribution is 0.240. The molecular weight excluding hydrogens is 308 g/mol. The molecule has 0 unspecified atom stereocenters. The minimum absolute atomic E-state index is 0.172. The van der Waals surface area contributed by atoms with Gasteiger partial charge in [0, 0.05) is 36.0 Å². The van der Waals surface area contributed by atoms with Gasteiger partial charge in [0.25, 0.3) is 0 Å². The minimum atomic E-state index is -0.172. The molecule has 0 aliphatic rings. The van der Waals surface area contributed by atoms with Crippen molar-refractivity contribution in [1.82, 2.24) is 20.8 Å². The Kier molecular flexibility index (Phi) is 6.06. The molecule has 0 fully saturated rings. The highest BCUT2D eigenvalue weighted by molar-refractivity contribution is 8.00. The van der Waals surface area contributed by atoms with Crippen LogP contribution in [-0.2, 0) is 6.54 Å². The molecule has 0 saturated carbocycles. The standard InChI is InChI=1S/C13H18N4O2S2/c1-9-11(10(2)19-17-9)8-16-12(18)14-4-3-6-20-13-15-5-7-21-13/h5,7H,3-4,6,8H2,1-2H3,(H2,14,16,18). The molecule has 21 heavy (non-hydrogen) atoms. The van der Waals surface area contributed by atoms with Crippen molar-refractivity contribution < 1.29 is 9.32 Å². The zero-order valence-electron chi connectivity index (χ0n) is 12.0. The van der Waals surface area contributed by atoms with Crippen LogP contribution in [-0.4, -0.2) is 28.5 Å². The van der Waals surface area contributed by atoms with Gasteiger partial charge in [-0.25, -0.2) is 9.78 Å². The lowest BCUT2D eigenvalue weighted by Gasteiger charge is -2.07. The summed E-state index contributed by atoms with van der Waals surface area (Å²) >= 11 is 3.34. The van der Waals surface area contributed by atoms with Crippen molar-refractivity contribution in [2.45, 2.75) is 31.2 Å². The lowest BCUT2D eigenvalue weighted by Crippen LogP contribution is -2.35. The number of aromatic nitrogens is 2. The molecule has 2 aromatic heterocycles. The number of rotatable bonds is 7. The van der Waals surface area contributed by atoms with Crippen molar-refractivity contribution in [2.24, 2.45) is 0 Å². The fraction of sp³-hybridized carbons (Fsp3) is 0.462. The van der Waals surface area contributed by atoms with E-state index >= 15 is 0 Å². The third-order valence-corrected chi connectivity index (χ3v) is 4.90. The second-order valence-electron chi connectivity index (χ2n) is 4.41. The van der Waals surface area contributed by atoms with E-state index in [1.165, 1.54) is 0 Å². The van der Waals surface area contributed by atoms with Gasteiger partial charge >= 0.3 is 6.03 Å². The maximum atomic E-state index is 11.7. The van der Waals surface area contributed by atoms with Crippen LogP contribution in [0.4, 0.5) is 4.79 Å². The Morgan fingerprint density at radius 2 is 2.29 bits per heavy atom. The number of hydrogen-bond acceptors (Lipinski definition) is 6. The van der Waals surface area contributed by atoms with Crippen molar-refractivity contribution in [3.05, 3.63) is 28.6 Å². The number of amides is 2. The van der Waals surface area contributed by atoms with Crippen LogP contribution in [0.3, 0.4) is 0 Å². The van der Waals surface area contributed by atoms with Crippen LogP contribution in [0.2, 0.25) is 0 Å². The van der Waals surface area contributed by atoms with E-state index in [0.29, 0.717) is 13.1 Å². The molecule has 0 saturated heterocycles. The van der Waals surface area contributed by atoms with Crippen molar-refractivity contribution >= 4 is 29.1 Å². The number of nitrogens with zero attached hydrogens (tertiary/aromatic N) is 2. The first kappa shape index (κ1) is 15.8. The van der Waals surface area contributed by atoms with Gasteiger partial charge in [0.05, 0.1) is 5.69 Å². The van der Waals surface area contributed by atoms with Crippen molar-refractivity contribution in [3.63, 3.8) is 0 Å². The third kappa shape index (κ3) is 5.05. The summed E-state index contributed by atoms with van der Waals surface area (Å²) in [5.74, 6) is 1.69. The zero-order chi connectivity index (χ0) is 15.1. The predicted octanol–water partition coefficient (Wildman–Crippen LogP) is 2.73. The van der Waals surface area contributed by atoms with E-state index in [1.54, 1.807) is 29.3 Å². The average Bonchev–Trinajstić information content (AvgIpc) is 3.08. The number of thioether (sulfide) groups is 1. The molecule has 0 spiro atoms. The van der Waals surface area contributed by atoms with Crippen LogP contribution in [0.5, 0.6) is 0 Å². The molecule has 2 heterocycles. The van der Waals surface area contributed by atoms with Crippen LogP contribution >= 0.6 is 23.1 Å². The zero-order valence-corrected chi connectivity index (χ0v) is 13.6. The second-order valence-corrected chi connectivity index (χ2v) is 6.65. The van der Waals surface area contributed by atoms with Crippen LogP contribution in [0.15, 0.2) is 20.4 Å². The van der Waals surface area contributed by atoms with Crippen molar-refractivity contribution in [1.29, 1.82) is 0 Å². The van der Waals surface area contributed by atoms with E-state index in [9.17, 15) is 4.79 Å². The number of aryl methyl sites for hydroxylation is 2. The number of carbonyl (C=O) groups excluding carboxylic acids is 1. The van der Waals surface area contributed by atoms with Gasteiger partial charge in [0.1, 0.15) is 10.1 Å². The summed E-state index contributed by atoms with van der Waals surface area (Å²) < 4.78 is 6.11. The topological polar surface area (TPSA) is 80.0 Å². The van der Waals surface area contributed by atoms with Crippen LogP contribution in [0.1, 0.15) is 23.4 Å². The first-order valence-corrected chi connectivity index (χ1v) is 8.49. The fourth-order valence-corrected chi connectivity index (χ4v) is 3.35. The van der Waals surface area contributed by atoms with Crippen LogP contribution < -0.4 is 10.6 Å². The molecule has 2 aromatic rings. The Labute approximate surface area is 131 Å². The summed E-state index contributed by atoms with van der Waals surface area (Å²) in [5, 5.41) is 11.4. The van der Waals surface area contributed by atoms with Crippen LogP contribution in [0.25, 0.3) is 0 Å². The van der Waals surface area contributed by atoms with Gasteiger partial charge in [0.15, 0.2) is 0 Å². The average molecular weight is 326 g/mol. The van der Waals surface area contributed by atoms with E-state index in [-0.39, 0.29) is 6.03 Å². The molecule has 6 nitrogen and oxygen atoms in total. The molecule has 0 aliphatic carbocycles. The largest absolute Gasteiger partial charge is 0.361 e. The quantitative estimate of drug-likeness (QED) is 0.604. The molecule has 114 valence electrons. The van der Waals surface area contributed by atoms with Gasteiger partial charge in [-0.15, -0.1) is 11.3 Å². The molecule has 8 heteroatoms. The minimum Gasteiger partial charge on any atom is -0.361 e. The Bertz CT molecular complexity index is 549. The maximum Gasteiger partial charge on any atom is 0.315 e. The number of thiazole rings is 1. The Balaban J connectivity index is 1.57. The number of nitrogens with one attached hydrogen (secondary N) is 2. The summed E-state index contributed by atoms with van der Waals surface area (Å²) in [4.78, 5) is 15.9. The van der Waals surface area contributed by atoms with Crippen LogP contribution in [0, 0.1) is 13.8 Å². The van der Waals surface area contributed by atoms with E-state index in [2.05, 4.69) is 20.8 Å². The van der Waals surface area contributed by atoms with Crippen molar-refractivity contribution in [2.75, 3.05) is 12.3 Å². The van der Waals surface area contributed by atoms with Gasteiger partial charge in [-0.2, -0.15) is 0 Å². The highest BCUT2D eigenvalue weighted by Crippen LogP contribution is 2.20. The summed E-state index contributed by atoms with van der Waals surface area (Å²) in [7, 11) is 0. The first-order valence-electron chi connectivity index (χ1n) is 6.62. The van der Waals surface area contributed by atoms with Gasteiger partial charge in [-0.1, -0.05) is 16.9 Å². The summed E-state index contributed by atoms with van der Waals surface area (Å²) in [6.07, 6.45) is 2.70. The van der Waals surface area contributed by atoms with Crippen molar-refractivity contribution in [3.8, 4) is 0 Å². The molecule has 0 radical (unpaired) electrons. The Morgan fingerprint density at radius 1 is 1.43 bits per heavy atom. The predicted molar refractivity (Wildman–Crippen MR) is 83.7 cm³/mol. The highest BCUT2D eigenvalue weighted by Gasteiger charge is 2.09. The van der Waals surface area contributed by atoms with E-state index < -0.39 is 0 Å². The third-order valence-electron chi connectivity index (χ3n) is 2.85. The summed E-state index contributed by atoms with van der Waals surface area (Å²) in [6, 6.07) is -0.172. The molecule has 0 aromatic carbocycles. The molecule has 2 N–H and O–H groups in total. The summed E-state index contributed by atoms with van der Waals surface area (Å²) in [6.45, 7) is 4.78. The molecule has 2 amide bonds. The maximum absolute atomic E-state index is 11.7. The lowest BCUT2D eigenvalue weighted by atomic mass is 10.2. The van der Waals surface area contributed by atoms with Gasteiger partial charge in [-0.3, -0.25) is 0 Å². The smallest absolute Gasteiger partial charge is 0.315 e. The van der Waals surface area contributed by atoms with E-state index in [4.69, 9.17) is 4.52 Å². The Hall–Kier alpha value is -1.54. The molecule has 0 atom stereocenters. The summed E-state index contributed by atoms with van der Waals surface area (Å²) in [5.41, 5.74) is 1.75. The number of urea groups is 1. The van der Waals surface area contributed by atoms with E-state index in [1.807, 2.05) is 19.2 Å². The van der Waals surface area contributed by atoms with Gasteiger partial charge in [0.2, 0.25) is 0 Å². The molecule has 0 bridgehead atoms. The first-order chi connectivity index (χ1) is 10.2. The highest BCUT2D eigenvalue weighted by atomic mass is 32.2. The fourth-order valence-electron chi connectivity index (χ4n) is 1.70. The Morgan fingerprint density at radius 3 is 2.95 bits per heavy atom. The molecular formula is C13H18N4O2S2. The normalized spacial score (nSPS) is 10.6.